The number of aromatic nitrogens is 1. The fraction of sp³-hybridized carbons (Fsp3) is 0.0566. The van der Waals surface area contributed by atoms with Crippen LogP contribution in [0.1, 0.15) is 18.1 Å². The van der Waals surface area contributed by atoms with Crippen molar-refractivity contribution in [3.05, 3.63) is 253 Å². The molecule has 0 saturated heterocycles. The zero-order chi connectivity index (χ0) is 36.7. The lowest BCUT2D eigenvalue weighted by atomic mass is 9.66. The van der Waals surface area contributed by atoms with Gasteiger partial charge in [-0.15, -0.1) is 0 Å². The molecule has 0 bridgehead atoms. The minimum absolute atomic E-state index is 0.506. The zero-order valence-electron chi connectivity index (χ0n) is 30.5. The Bertz CT molecular complexity index is 2580. The quantitative estimate of drug-likeness (QED) is 0.157. The van der Waals surface area contributed by atoms with E-state index >= 15 is 0 Å². The lowest BCUT2D eigenvalue weighted by molar-refractivity contribution is 0.550. The third-order valence-corrected chi connectivity index (χ3v) is 11.3. The van der Waals surface area contributed by atoms with Crippen LogP contribution in [0.2, 0.25) is 0 Å². The molecule has 1 heterocycles. The molecule has 0 amide bonds. The van der Waals surface area contributed by atoms with E-state index in [4.69, 9.17) is 0 Å². The Kier molecular flexibility index (Phi) is 8.21. The number of hydrogen-bond acceptors (Lipinski definition) is 0. The van der Waals surface area contributed by atoms with Crippen molar-refractivity contribution in [2.75, 3.05) is 0 Å². The molecular weight excluding hydrogens is 651 g/mol. The van der Waals surface area contributed by atoms with Crippen LogP contribution < -0.4 is 0 Å². The van der Waals surface area contributed by atoms with E-state index in [1.807, 2.05) is 12.2 Å². The highest BCUT2D eigenvalue weighted by molar-refractivity contribution is 6.11. The molecule has 2 aliphatic carbocycles. The van der Waals surface area contributed by atoms with Gasteiger partial charge in [-0.05, 0) is 86.9 Å². The molecule has 0 N–H and O–H groups in total. The van der Waals surface area contributed by atoms with Gasteiger partial charge in [0.25, 0.3) is 0 Å². The van der Waals surface area contributed by atoms with Crippen LogP contribution in [0.25, 0.3) is 44.1 Å². The summed E-state index contributed by atoms with van der Waals surface area (Å²) in [6.45, 7) is 10.7. The zero-order valence-corrected chi connectivity index (χ0v) is 30.5. The largest absolute Gasteiger partial charge is 0.327 e. The van der Waals surface area contributed by atoms with Gasteiger partial charge >= 0.3 is 0 Å². The van der Waals surface area contributed by atoms with Gasteiger partial charge in [0.15, 0.2) is 0 Å². The summed E-state index contributed by atoms with van der Waals surface area (Å²) in [7, 11) is 0. The first kappa shape index (κ1) is 33.2. The van der Waals surface area contributed by atoms with Crippen molar-refractivity contribution < 1.29 is 0 Å². The molecule has 1 unspecified atom stereocenters. The third kappa shape index (κ3) is 5.16. The molecule has 1 aromatic heterocycles. The molecule has 9 rings (SSSR count). The van der Waals surface area contributed by atoms with Gasteiger partial charge in [0.1, 0.15) is 0 Å². The molecule has 1 heteroatoms. The molecule has 2 aliphatic rings. The van der Waals surface area contributed by atoms with Gasteiger partial charge < -0.3 is 4.57 Å². The van der Waals surface area contributed by atoms with Crippen molar-refractivity contribution >= 4 is 21.8 Å². The van der Waals surface area contributed by atoms with Crippen LogP contribution in [0, 0.1) is 0 Å². The highest BCUT2D eigenvalue weighted by Crippen LogP contribution is 2.58. The summed E-state index contributed by atoms with van der Waals surface area (Å²) in [5.41, 5.74) is 13.4. The minimum Gasteiger partial charge on any atom is -0.327 e. The lowest BCUT2D eigenvalue weighted by Crippen LogP contribution is -2.30. The SMILES string of the molecule is C=C/C=C1/C2=C(C=CC(C)(n3c4ccc(-c5ccccc5)cc4c4cc(-c5ccccc5)ccc43)C=C2)C(c2ccccc2)(c2ccccc2)/C1=C/C=C. The van der Waals surface area contributed by atoms with Crippen LogP contribution in [-0.4, -0.2) is 4.57 Å². The highest BCUT2D eigenvalue weighted by Gasteiger charge is 2.49. The van der Waals surface area contributed by atoms with E-state index in [1.54, 1.807) is 0 Å². The first-order valence-corrected chi connectivity index (χ1v) is 18.7. The molecule has 1 nitrogen and oxygen atoms in total. The third-order valence-electron chi connectivity index (χ3n) is 11.3. The number of allylic oxidation sites excluding steroid dienone is 12. The van der Waals surface area contributed by atoms with Crippen LogP contribution in [0.15, 0.2) is 242 Å². The minimum atomic E-state index is -0.566. The molecule has 0 spiro atoms. The average Bonchev–Trinajstić information content (AvgIpc) is 3.62. The maximum atomic E-state index is 4.19. The van der Waals surface area contributed by atoms with E-state index in [0.29, 0.717) is 0 Å². The topological polar surface area (TPSA) is 4.93 Å². The molecule has 54 heavy (non-hydrogen) atoms. The van der Waals surface area contributed by atoms with Gasteiger partial charge in [-0.2, -0.15) is 0 Å². The summed E-state index contributed by atoms with van der Waals surface area (Å²) in [4.78, 5) is 0. The second kappa shape index (κ2) is 13.4. The Balaban J connectivity index is 1.30. The maximum Gasteiger partial charge on any atom is 0.0795 e. The number of nitrogens with zero attached hydrogens (tertiary/aromatic N) is 1. The molecule has 7 aromatic rings. The predicted octanol–water partition coefficient (Wildman–Crippen LogP) is 13.5. The smallest absolute Gasteiger partial charge is 0.0795 e. The summed E-state index contributed by atoms with van der Waals surface area (Å²) >= 11 is 0. The monoisotopic (exact) mass is 691 g/mol. The summed E-state index contributed by atoms with van der Waals surface area (Å²) in [5, 5.41) is 2.48. The first-order chi connectivity index (χ1) is 26.6. The van der Waals surface area contributed by atoms with Gasteiger partial charge in [-0.1, -0.05) is 195 Å². The highest BCUT2D eigenvalue weighted by atomic mass is 15.1. The van der Waals surface area contributed by atoms with Crippen LogP contribution in [0.3, 0.4) is 0 Å². The summed E-state index contributed by atoms with van der Waals surface area (Å²) in [6.07, 6.45) is 17.7. The molecule has 6 aromatic carbocycles. The number of rotatable bonds is 7. The van der Waals surface area contributed by atoms with Gasteiger partial charge in [0, 0.05) is 10.8 Å². The molecular formula is C53H41N. The van der Waals surface area contributed by atoms with E-state index in [-0.39, 0.29) is 0 Å². The summed E-state index contributed by atoms with van der Waals surface area (Å²) in [5.74, 6) is 0. The molecule has 0 aliphatic heterocycles. The summed E-state index contributed by atoms with van der Waals surface area (Å²) < 4.78 is 2.53. The number of fused-ring (bicyclic) bond motifs is 3. The fourth-order valence-corrected chi connectivity index (χ4v) is 8.90. The van der Waals surface area contributed by atoms with Crippen molar-refractivity contribution in [2.45, 2.75) is 17.9 Å². The van der Waals surface area contributed by atoms with Gasteiger partial charge in [0.05, 0.1) is 22.0 Å². The molecule has 258 valence electrons. The first-order valence-electron chi connectivity index (χ1n) is 18.7. The van der Waals surface area contributed by atoms with Crippen molar-refractivity contribution in [2.24, 2.45) is 0 Å². The van der Waals surface area contributed by atoms with E-state index in [2.05, 4.69) is 219 Å². The molecule has 0 radical (unpaired) electrons. The maximum absolute atomic E-state index is 4.19. The second-order valence-corrected chi connectivity index (χ2v) is 14.4. The Labute approximate surface area is 318 Å². The van der Waals surface area contributed by atoms with Crippen LogP contribution in [-0.2, 0) is 11.0 Å². The second-order valence-electron chi connectivity index (χ2n) is 14.4. The molecule has 0 fully saturated rings. The molecule has 0 saturated carbocycles. The Morgan fingerprint density at radius 2 is 0.963 bits per heavy atom. The van der Waals surface area contributed by atoms with Gasteiger partial charge in [-0.25, -0.2) is 0 Å². The van der Waals surface area contributed by atoms with Crippen LogP contribution >= 0.6 is 0 Å². The molecule has 1 atom stereocenters. The number of hydrogen-bond donors (Lipinski definition) is 0. The van der Waals surface area contributed by atoms with E-state index in [1.165, 1.54) is 71.9 Å². The van der Waals surface area contributed by atoms with Crippen LogP contribution in [0.5, 0.6) is 0 Å². The Hall–Kier alpha value is -6.70. The van der Waals surface area contributed by atoms with E-state index in [0.717, 1.165) is 5.57 Å². The van der Waals surface area contributed by atoms with E-state index in [9.17, 15) is 0 Å². The normalized spacial score (nSPS) is 19.1. The Morgan fingerprint density at radius 1 is 0.500 bits per heavy atom. The standard InChI is InChI=1S/C53H41N/c1-4-18-44-45-32-34-52(3,35-33-49(45)53(48(44)19-5-2,42-24-14-8-15-25-42)43-26-16-9-17-27-43)54-50-30-28-40(38-20-10-6-11-21-38)36-46(50)47-37-41(29-31-51(47)54)39-22-12-7-13-23-39/h4-37H,1-2H2,3H3/b44-18-,48-19+. The van der Waals surface area contributed by atoms with Crippen molar-refractivity contribution in [1.29, 1.82) is 0 Å². The fourth-order valence-electron chi connectivity index (χ4n) is 8.90. The number of benzene rings is 6. The van der Waals surface area contributed by atoms with Crippen molar-refractivity contribution in [3.8, 4) is 22.3 Å². The van der Waals surface area contributed by atoms with Gasteiger partial charge in [0.2, 0.25) is 0 Å². The van der Waals surface area contributed by atoms with Crippen molar-refractivity contribution in [3.63, 3.8) is 0 Å². The predicted molar refractivity (Wildman–Crippen MR) is 229 cm³/mol. The van der Waals surface area contributed by atoms with Crippen LogP contribution in [0.4, 0.5) is 0 Å². The average molecular weight is 692 g/mol. The Morgan fingerprint density at radius 3 is 1.44 bits per heavy atom. The van der Waals surface area contributed by atoms with Gasteiger partial charge in [-0.3, -0.25) is 0 Å². The summed E-state index contributed by atoms with van der Waals surface area (Å²) in [6, 6.07) is 57.1. The lowest BCUT2D eigenvalue weighted by Gasteiger charge is -2.35. The van der Waals surface area contributed by atoms with Crippen molar-refractivity contribution in [1.82, 2.24) is 4.57 Å². The van der Waals surface area contributed by atoms with E-state index < -0.39 is 11.0 Å².